The van der Waals surface area contributed by atoms with Crippen molar-refractivity contribution in [2.24, 2.45) is 0 Å². The van der Waals surface area contributed by atoms with Crippen LogP contribution < -0.4 is 14.8 Å². The fourth-order valence-corrected chi connectivity index (χ4v) is 4.27. The van der Waals surface area contributed by atoms with Crippen molar-refractivity contribution >= 4 is 33.2 Å². The Morgan fingerprint density at radius 3 is 2.27 bits per heavy atom. The maximum Gasteiger partial charge on any atom is 0.262 e. The molecular formula is C22H21ClN2O4S. The molecule has 6 nitrogen and oxygen atoms in total. The summed E-state index contributed by atoms with van der Waals surface area (Å²) in [5.74, 6) is 0.0784. The third-order valence-electron chi connectivity index (χ3n) is 4.50. The van der Waals surface area contributed by atoms with Crippen molar-refractivity contribution in [3.8, 4) is 5.75 Å². The van der Waals surface area contributed by atoms with Crippen LogP contribution in [0.15, 0.2) is 77.7 Å². The minimum atomic E-state index is -3.84. The van der Waals surface area contributed by atoms with E-state index in [2.05, 4.69) is 10.0 Å². The van der Waals surface area contributed by atoms with Crippen LogP contribution in [0.2, 0.25) is 5.02 Å². The van der Waals surface area contributed by atoms with E-state index in [-0.39, 0.29) is 16.8 Å². The highest BCUT2D eigenvalue weighted by Crippen LogP contribution is 2.26. The van der Waals surface area contributed by atoms with E-state index >= 15 is 0 Å². The molecule has 1 atom stereocenters. The van der Waals surface area contributed by atoms with E-state index < -0.39 is 10.0 Å². The first kappa shape index (κ1) is 21.7. The van der Waals surface area contributed by atoms with Crippen molar-refractivity contribution in [1.29, 1.82) is 0 Å². The molecule has 8 heteroatoms. The lowest BCUT2D eigenvalue weighted by atomic mass is 10.1. The van der Waals surface area contributed by atoms with E-state index in [4.69, 9.17) is 16.3 Å². The van der Waals surface area contributed by atoms with Crippen LogP contribution in [0.4, 0.5) is 5.69 Å². The highest BCUT2D eigenvalue weighted by atomic mass is 35.5. The van der Waals surface area contributed by atoms with Gasteiger partial charge in [0.2, 0.25) is 0 Å². The minimum Gasteiger partial charge on any atom is -0.495 e. The third kappa shape index (κ3) is 4.93. The Bertz CT molecular complexity index is 1150. The summed E-state index contributed by atoms with van der Waals surface area (Å²) >= 11 is 6.17. The predicted molar refractivity (Wildman–Crippen MR) is 118 cm³/mol. The standard InChI is InChI=1S/C22H21ClN2O4S/c1-15(18-7-3-4-8-19(18)23)24-22(26)16-11-13-17(14-12-16)30(27,28)25-20-9-5-6-10-21(20)29-2/h3-15,25H,1-2H3,(H,24,26). The number of sulfonamides is 1. The molecule has 156 valence electrons. The van der Waals surface area contributed by atoms with Gasteiger partial charge in [-0.2, -0.15) is 0 Å². The van der Waals surface area contributed by atoms with Gasteiger partial charge in [0.1, 0.15) is 5.75 Å². The van der Waals surface area contributed by atoms with Crippen LogP contribution in [-0.2, 0) is 10.0 Å². The lowest BCUT2D eigenvalue weighted by Crippen LogP contribution is -2.26. The number of para-hydroxylation sites is 2. The molecule has 0 aliphatic rings. The summed E-state index contributed by atoms with van der Waals surface area (Å²) in [4.78, 5) is 12.6. The van der Waals surface area contributed by atoms with Gasteiger partial charge in [-0.25, -0.2) is 8.42 Å². The molecule has 30 heavy (non-hydrogen) atoms. The smallest absolute Gasteiger partial charge is 0.262 e. The van der Waals surface area contributed by atoms with Crippen LogP contribution in [-0.4, -0.2) is 21.4 Å². The molecule has 1 amide bonds. The maximum absolute atomic E-state index is 12.7. The topological polar surface area (TPSA) is 84.5 Å². The summed E-state index contributed by atoms with van der Waals surface area (Å²) in [6.45, 7) is 1.83. The zero-order valence-electron chi connectivity index (χ0n) is 16.4. The first-order valence-corrected chi connectivity index (χ1v) is 11.0. The highest BCUT2D eigenvalue weighted by molar-refractivity contribution is 7.92. The number of anilines is 1. The van der Waals surface area contributed by atoms with Crippen LogP contribution in [0.1, 0.15) is 28.9 Å². The molecule has 0 heterocycles. The molecule has 0 aromatic heterocycles. The predicted octanol–water partition coefficient (Wildman–Crippen LogP) is 4.64. The number of amides is 1. The molecule has 0 saturated heterocycles. The summed E-state index contributed by atoms with van der Waals surface area (Å²) in [5.41, 5.74) is 1.47. The highest BCUT2D eigenvalue weighted by Gasteiger charge is 2.18. The van der Waals surface area contributed by atoms with Crippen LogP contribution >= 0.6 is 11.6 Å². The van der Waals surface area contributed by atoms with Crippen molar-refractivity contribution in [3.63, 3.8) is 0 Å². The molecule has 0 aliphatic heterocycles. The van der Waals surface area contributed by atoms with Gasteiger partial charge >= 0.3 is 0 Å². The second-order valence-electron chi connectivity index (χ2n) is 6.55. The monoisotopic (exact) mass is 444 g/mol. The molecule has 0 bridgehead atoms. The number of nitrogens with one attached hydrogen (secondary N) is 2. The van der Waals surface area contributed by atoms with E-state index in [1.54, 1.807) is 30.3 Å². The minimum absolute atomic E-state index is 0.0316. The number of hydrogen-bond acceptors (Lipinski definition) is 4. The van der Waals surface area contributed by atoms with Crippen molar-refractivity contribution in [2.45, 2.75) is 17.9 Å². The van der Waals surface area contributed by atoms with Crippen LogP contribution in [0.3, 0.4) is 0 Å². The lowest BCUT2D eigenvalue weighted by Gasteiger charge is -2.16. The fourth-order valence-electron chi connectivity index (χ4n) is 2.90. The van der Waals surface area contributed by atoms with Gasteiger partial charge in [-0.05, 0) is 55.0 Å². The van der Waals surface area contributed by atoms with E-state index in [1.165, 1.54) is 31.4 Å². The summed E-state index contributed by atoms with van der Waals surface area (Å²) < 4.78 is 33.0. The zero-order chi connectivity index (χ0) is 21.7. The Balaban J connectivity index is 1.73. The van der Waals surface area contributed by atoms with Crippen molar-refractivity contribution in [3.05, 3.63) is 88.9 Å². The van der Waals surface area contributed by atoms with Gasteiger partial charge in [0.15, 0.2) is 0 Å². The van der Waals surface area contributed by atoms with Crippen LogP contribution in [0.5, 0.6) is 5.75 Å². The number of rotatable bonds is 7. The molecule has 3 aromatic rings. The largest absolute Gasteiger partial charge is 0.495 e. The molecule has 1 unspecified atom stereocenters. The van der Waals surface area contributed by atoms with Crippen LogP contribution in [0.25, 0.3) is 0 Å². The van der Waals surface area contributed by atoms with Gasteiger partial charge in [-0.1, -0.05) is 41.9 Å². The van der Waals surface area contributed by atoms with E-state index in [9.17, 15) is 13.2 Å². The molecule has 0 aliphatic carbocycles. The fraction of sp³-hybridized carbons (Fsp3) is 0.136. The van der Waals surface area contributed by atoms with Gasteiger partial charge < -0.3 is 10.1 Å². The van der Waals surface area contributed by atoms with E-state index in [1.807, 2.05) is 25.1 Å². The Hall–Kier alpha value is -3.03. The van der Waals surface area contributed by atoms with E-state index in [0.717, 1.165) is 5.56 Å². The molecule has 2 N–H and O–H groups in total. The van der Waals surface area contributed by atoms with Crippen molar-refractivity contribution in [2.75, 3.05) is 11.8 Å². The Kier molecular flexibility index (Phi) is 6.64. The number of ether oxygens (including phenoxy) is 1. The molecule has 0 spiro atoms. The number of carbonyl (C=O) groups excluding carboxylic acids is 1. The Labute approximate surface area is 180 Å². The van der Waals surface area contributed by atoms with Gasteiger partial charge in [0.05, 0.1) is 23.7 Å². The molecule has 3 rings (SSSR count). The summed E-state index contributed by atoms with van der Waals surface area (Å²) in [6.07, 6.45) is 0. The average Bonchev–Trinajstić information content (AvgIpc) is 2.74. The van der Waals surface area contributed by atoms with Crippen molar-refractivity contribution < 1.29 is 17.9 Å². The number of hydrogen-bond donors (Lipinski definition) is 2. The number of benzene rings is 3. The normalized spacial score (nSPS) is 12.1. The number of halogens is 1. The summed E-state index contributed by atoms with van der Waals surface area (Å²) in [6, 6.07) is 19.4. The van der Waals surface area contributed by atoms with Gasteiger partial charge in [-0.3, -0.25) is 9.52 Å². The quantitative estimate of drug-likeness (QED) is 0.556. The van der Waals surface area contributed by atoms with Gasteiger partial charge in [0.25, 0.3) is 15.9 Å². The average molecular weight is 445 g/mol. The summed E-state index contributed by atoms with van der Waals surface area (Å²) in [7, 11) is -2.38. The molecule has 3 aromatic carbocycles. The van der Waals surface area contributed by atoms with Gasteiger partial charge in [-0.15, -0.1) is 0 Å². The molecule has 0 radical (unpaired) electrons. The Morgan fingerprint density at radius 1 is 0.967 bits per heavy atom. The second-order valence-corrected chi connectivity index (χ2v) is 8.64. The van der Waals surface area contributed by atoms with Crippen LogP contribution in [0, 0.1) is 0 Å². The SMILES string of the molecule is COc1ccccc1NS(=O)(=O)c1ccc(C(=O)NC(C)c2ccccc2Cl)cc1. The zero-order valence-corrected chi connectivity index (χ0v) is 18.0. The Morgan fingerprint density at radius 2 is 1.60 bits per heavy atom. The maximum atomic E-state index is 12.7. The first-order chi connectivity index (χ1) is 14.3. The summed E-state index contributed by atoms with van der Waals surface area (Å²) in [5, 5.41) is 3.43. The molecular weight excluding hydrogens is 424 g/mol. The third-order valence-corrected chi connectivity index (χ3v) is 6.22. The number of carbonyl (C=O) groups is 1. The van der Waals surface area contributed by atoms with E-state index in [0.29, 0.717) is 22.0 Å². The van der Waals surface area contributed by atoms with Gasteiger partial charge in [0, 0.05) is 10.6 Å². The molecule has 0 saturated carbocycles. The molecule has 0 fully saturated rings. The number of methoxy groups -OCH3 is 1. The van der Waals surface area contributed by atoms with Crippen molar-refractivity contribution in [1.82, 2.24) is 5.32 Å². The second kappa shape index (κ2) is 9.19. The lowest BCUT2D eigenvalue weighted by molar-refractivity contribution is 0.0940. The first-order valence-electron chi connectivity index (χ1n) is 9.13.